The van der Waals surface area contributed by atoms with Gasteiger partial charge >= 0.3 is 0 Å². The molecule has 0 saturated heterocycles. The standard InChI is InChI=1S/C10H10BrN5/c1-6-13-4-3-8(15-6)10-14-5-7(11)9(12-2)16-10/h3-5H,1-2H3,(H,12,14,16). The summed E-state index contributed by atoms with van der Waals surface area (Å²) in [4.78, 5) is 16.9. The predicted octanol–water partition coefficient (Wildman–Crippen LogP) is 2.05. The summed E-state index contributed by atoms with van der Waals surface area (Å²) in [5.41, 5.74) is 0.719. The Morgan fingerprint density at radius 1 is 1.25 bits per heavy atom. The number of nitrogens with zero attached hydrogens (tertiary/aromatic N) is 4. The Balaban J connectivity index is 2.48. The van der Waals surface area contributed by atoms with Crippen LogP contribution < -0.4 is 5.32 Å². The molecule has 0 aliphatic heterocycles. The Labute approximate surface area is 102 Å². The molecular formula is C10H10BrN5. The van der Waals surface area contributed by atoms with E-state index in [2.05, 4.69) is 41.2 Å². The van der Waals surface area contributed by atoms with E-state index in [0.29, 0.717) is 11.6 Å². The van der Waals surface area contributed by atoms with E-state index in [-0.39, 0.29) is 0 Å². The number of aromatic nitrogens is 4. The number of hydrogen-bond acceptors (Lipinski definition) is 5. The largest absolute Gasteiger partial charge is 0.372 e. The summed E-state index contributed by atoms with van der Waals surface area (Å²) in [7, 11) is 1.81. The van der Waals surface area contributed by atoms with Crippen LogP contribution in [0.25, 0.3) is 11.5 Å². The maximum absolute atomic E-state index is 4.34. The lowest BCUT2D eigenvalue weighted by Crippen LogP contribution is -1.99. The lowest BCUT2D eigenvalue weighted by Gasteiger charge is -2.04. The molecule has 0 aliphatic carbocycles. The van der Waals surface area contributed by atoms with Crippen LogP contribution in [0.3, 0.4) is 0 Å². The van der Waals surface area contributed by atoms with Crippen molar-refractivity contribution in [2.75, 3.05) is 12.4 Å². The van der Waals surface area contributed by atoms with E-state index in [9.17, 15) is 0 Å². The fourth-order valence-electron chi connectivity index (χ4n) is 1.25. The minimum absolute atomic E-state index is 0.582. The molecule has 2 heterocycles. The van der Waals surface area contributed by atoms with Crippen LogP contribution in [0.5, 0.6) is 0 Å². The van der Waals surface area contributed by atoms with Crippen LogP contribution in [0.4, 0.5) is 5.82 Å². The van der Waals surface area contributed by atoms with Gasteiger partial charge in [-0.15, -0.1) is 0 Å². The summed E-state index contributed by atoms with van der Waals surface area (Å²) < 4.78 is 0.824. The van der Waals surface area contributed by atoms with Crippen LogP contribution in [0, 0.1) is 6.92 Å². The van der Waals surface area contributed by atoms with Crippen LogP contribution in [0.1, 0.15) is 5.82 Å². The van der Waals surface area contributed by atoms with Crippen molar-refractivity contribution < 1.29 is 0 Å². The SMILES string of the molecule is CNc1nc(-c2ccnc(C)n2)ncc1Br. The molecule has 0 amide bonds. The molecule has 0 fully saturated rings. The molecular weight excluding hydrogens is 270 g/mol. The molecule has 0 spiro atoms. The lowest BCUT2D eigenvalue weighted by molar-refractivity contribution is 1.03. The van der Waals surface area contributed by atoms with Gasteiger partial charge in [-0.05, 0) is 28.9 Å². The molecule has 82 valence electrons. The van der Waals surface area contributed by atoms with Gasteiger partial charge < -0.3 is 5.32 Å². The van der Waals surface area contributed by atoms with Crippen LogP contribution in [0.2, 0.25) is 0 Å². The van der Waals surface area contributed by atoms with Gasteiger partial charge in [-0.1, -0.05) is 0 Å². The first-order valence-corrected chi connectivity index (χ1v) is 5.50. The highest BCUT2D eigenvalue weighted by Gasteiger charge is 2.07. The van der Waals surface area contributed by atoms with Crippen molar-refractivity contribution in [3.63, 3.8) is 0 Å². The molecule has 5 nitrogen and oxygen atoms in total. The highest BCUT2D eigenvalue weighted by atomic mass is 79.9. The van der Waals surface area contributed by atoms with Crippen molar-refractivity contribution in [3.8, 4) is 11.5 Å². The monoisotopic (exact) mass is 279 g/mol. The molecule has 1 N–H and O–H groups in total. The first-order chi connectivity index (χ1) is 7.70. The van der Waals surface area contributed by atoms with Crippen LogP contribution in [-0.4, -0.2) is 27.0 Å². The fraction of sp³-hybridized carbons (Fsp3) is 0.200. The molecule has 16 heavy (non-hydrogen) atoms. The Bertz CT molecular complexity index is 514. The summed E-state index contributed by atoms with van der Waals surface area (Å²) in [6.07, 6.45) is 3.40. The predicted molar refractivity (Wildman–Crippen MR) is 65.0 cm³/mol. The number of rotatable bonds is 2. The van der Waals surface area contributed by atoms with Crippen LogP contribution in [0.15, 0.2) is 22.9 Å². The van der Waals surface area contributed by atoms with E-state index in [1.165, 1.54) is 0 Å². The van der Waals surface area contributed by atoms with Gasteiger partial charge in [0.2, 0.25) is 0 Å². The summed E-state index contributed by atoms with van der Waals surface area (Å²) in [5.74, 6) is 2.02. The lowest BCUT2D eigenvalue weighted by atomic mass is 10.3. The van der Waals surface area contributed by atoms with Gasteiger partial charge in [-0.25, -0.2) is 19.9 Å². The third-order valence-corrected chi connectivity index (χ3v) is 2.57. The maximum atomic E-state index is 4.34. The third-order valence-electron chi connectivity index (χ3n) is 1.99. The highest BCUT2D eigenvalue weighted by molar-refractivity contribution is 9.10. The van der Waals surface area contributed by atoms with Crippen molar-refractivity contribution in [3.05, 3.63) is 28.8 Å². The summed E-state index contributed by atoms with van der Waals surface area (Å²) in [6.45, 7) is 1.83. The average Bonchev–Trinajstić information content (AvgIpc) is 2.29. The zero-order valence-corrected chi connectivity index (χ0v) is 10.5. The molecule has 0 unspecified atom stereocenters. The van der Waals surface area contributed by atoms with Crippen LogP contribution in [-0.2, 0) is 0 Å². The first-order valence-electron chi connectivity index (χ1n) is 4.71. The van der Waals surface area contributed by atoms with Gasteiger partial charge in [0.25, 0.3) is 0 Å². The molecule has 2 aromatic rings. The van der Waals surface area contributed by atoms with Gasteiger partial charge in [0, 0.05) is 19.4 Å². The number of hydrogen-bond donors (Lipinski definition) is 1. The summed E-state index contributed by atoms with van der Waals surface area (Å²) in [5, 5.41) is 2.98. The number of nitrogens with one attached hydrogen (secondary N) is 1. The van der Waals surface area contributed by atoms with E-state index in [0.717, 1.165) is 16.0 Å². The van der Waals surface area contributed by atoms with Gasteiger partial charge in [0.15, 0.2) is 5.82 Å². The molecule has 0 atom stereocenters. The van der Waals surface area contributed by atoms with Crippen molar-refractivity contribution >= 4 is 21.7 Å². The van der Waals surface area contributed by atoms with Crippen molar-refractivity contribution in [1.82, 2.24) is 19.9 Å². The van der Waals surface area contributed by atoms with Crippen molar-refractivity contribution in [2.45, 2.75) is 6.92 Å². The number of anilines is 1. The van der Waals surface area contributed by atoms with E-state index >= 15 is 0 Å². The normalized spacial score (nSPS) is 10.2. The van der Waals surface area contributed by atoms with E-state index in [1.807, 2.05) is 14.0 Å². The molecule has 0 saturated carbocycles. The molecule has 0 aliphatic rings. The second kappa shape index (κ2) is 4.52. The summed E-state index contributed by atoms with van der Waals surface area (Å²) in [6, 6.07) is 1.79. The van der Waals surface area contributed by atoms with Crippen LogP contribution >= 0.6 is 15.9 Å². The molecule has 2 aromatic heterocycles. The zero-order chi connectivity index (χ0) is 11.5. The fourth-order valence-corrected chi connectivity index (χ4v) is 1.64. The minimum Gasteiger partial charge on any atom is -0.372 e. The van der Waals surface area contributed by atoms with E-state index < -0.39 is 0 Å². The second-order valence-corrected chi connectivity index (χ2v) is 3.98. The van der Waals surface area contributed by atoms with Gasteiger partial charge in [-0.3, -0.25) is 0 Å². The zero-order valence-electron chi connectivity index (χ0n) is 8.90. The first kappa shape index (κ1) is 10.9. The highest BCUT2D eigenvalue weighted by Crippen LogP contribution is 2.21. The van der Waals surface area contributed by atoms with E-state index in [4.69, 9.17) is 0 Å². The molecule has 0 radical (unpaired) electrons. The van der Waals surface area contributed by atoms with Crippen molar-refractivity contribution in [1.29, 1.82) is 0 Å². The molecule has 0 aromatic carbocycles. The van der Waals surface area contributed by atoms with E-state index in [1.54, 1.807) is 18.5 Å². The Kier molecular flexibility index (Phi) is 3.09. The maximum Gasteiger partial charge on any atom is 0.180 e. The Hall–Kier alpha value is -1.56. The topological polar surface area (TPSA) is 63.6 Å². The average molecular weight is 280 g/mol. The minimum atomic E-state index is 0.582. The smallest absolute Gasteiger partial charge is 0.180 e. The summed E-state index contributed by atoms with van der Waals surface area (Å²) >= 11 is 3.36. The second-order valence-electron chi connectivity index (χ2n) is 3.13. The molecule has 6 heteroatoms. The van der Waals surface area contributed by atoms with Gasteiger partial charge in [-0.2, -0.15) is 0 Å². The molecule has 0 bridgehead atoms. The number of halogens is 1. The van der Waals surface area contributed by atoms with Crippen molar-refractivity contribution in [2.24, 2.45) is 0 Å². The van der Waals surface area contributed by atoms with Gasteiger partial charge in [0.05, 0.1) is 4.47 Å². The van der Waals surface area contributed by atoms with Gasteiger partial charge in [0.1, 0.15) is 17.3 Å². The quantitative estimate of drug-likeness (QED) is 0.912. The number of aryl methyl sites for hydroxylation is 1. The molecule has 2 rings (SSSR count). The Morgan fingerprint density at radius 3 is 2.75 bits per heavy atom. The third kappa shape index (κ3) is 2.16. The Morgan fingerprint density at radius 2 is 2.06 bits per heavy atom.